The minimum absolute atomic E-state index is 0.0416. The predicted molar refractivity (Wildman–Crippen MR) is 101 cm³/mol. The second-order valence-electron chi connectivity index (χ2n) is 6.72. The maximum Gasteiger partial charge on any atom is 0.220 e. The van der Waals surface area contributed by atoms with Crippen LogP contribution in [-0.4, -0.2) is 49.5 Å². The number of para-hydroxylation sites is 1. The summed E-state index contributed by atoms with van der Waals surface area (Å²) in [4.78, 5) is 14.9. The fourth-order valence-electron chi connectivity index (χ4n) is 2.79. The molecule has 0 saturated carbocycles. The number of sulfonamides is 1. The van der Waals surface area contributed by atoms with Gasteiger partial charge in [-0.3, -0.25) is 4.79 Å². The van der Waals surface area contributed by atoms with Crippen LogP contribution in [0, 0.1) is 5.92 Å². The minimum Gasteiger partial charge on any atom is -0.361 e. The third kappa shape index (κ3) is 5.86. The summed E-state index contributed by atoms with van der Waals surface area (Å²) in [6.45, 7) is 4.95. The van der Waals surface area contributed by atoms with E-state index in [0.717, 1.165) is 16.5 Å². The lowest BCUT2D eigenvalue weighted by atomic mass is 10.1. The summed E-state index contributed by atoms with van der Waals surface area (Å²) < 4.78 is 25.4. The number of amides is 1. The van der Waals surface area contributed by atoms with Crippen LogP contribution in [0.3, 0.4) is 0 Å². The molecule has 1 heterocycles. The van der Waals surface area contributed by atoms with Gasteiger partial charge >= 0.3 is 0 Å². The van der Waals surface area contributed by atoms with Crippen LogP contribution in [0.15, 0.2) is 30.5 Å². The summed E-state index contributed by atoms with van der Waals surface area (Å²) in [6.07, 6.45) is 4.21. The zero-order chi connectivity index (χ0) is 18.4. The molecule has 1 amide bonds. The molecular weight excluding hydrogens is 338 g/mol. The Bertz CT molecular complexity index is 812. The highest BCUT2D eigenvalue weighted by atomic mass is 32.2. The second-order valence-corrected chi connectivity index (χ2v) is 8.70. The third-order valence-electron chi connectivity index (χ3n) is 4.05. The van der Waals surface area contributed by atoms with Crippen molar-refractivity contribution in [3.63, 3.8) is 0 Å². The normalized spacial score (nSPS) is 12.2. The number of carbonyl (C=O) groups excluding carboxylic acids is 1. The average molecular weight is 365 g/mol. The topological polar surface area (TPSA) is 82.3 Å². The maximum absolute atomic E-state index is 12.0. The largest absolute Gasteiger partial charge is 0.361 e. The Hall–Kier alpha value is -1.86. The first-order chi connectivity index (χ1) is 11.8. The Morgan fingerprint density at radius 1 is 1.24 bits per heavy atom. The molecule has 1 aromatic carbocycles. The first-order valence-electron chi connectivity index (χ1n) is 8.54. The van der Waals surface area contributed by atoms with Gasteiger partial charge in [-0.1, -0.05) is 32.0 Å². The van der Waals surface area contributed by atoms with Gasteiger partial charge in [0, 0.05) is 43.2 Å². The molecule has 0 atom stereocenters. The number of aromatic amines is 1. The van der Waals surface area contributed by atoms with E-state index in [1.54, 1.807) is 0 Å². The molecule has 0 unspecified atom stereocenters. The molecule has 0 radical (unpaired) electrons. The molecule has 2 aromatic rings. The fourth-order valence-corrected chi connectivity index (χ4v) is 3.64. The van der Waals surface area contributed by atoms with Crippen molar-refractivity contribution in [2.24, 2.45) is 5.92 Å². The second kappa shape index (κ2) is 8.49. The van der Waals surface area contributed by atoms with Gasteiger partial charge in [-0.15, -0.1) is 0 Å². The van der Waals surface area contributed by atoms with E-state index in [4.69, 9.17) is 0 Å². The number of hydrogen-bond donors (Lipinski definition) is 2. The van der Waals surface area contributed by atoms with Crippen molar-refractivity contribution in [3.8, 4) is 0 Å². The van der Waals surface area contributed by atoms with Crippen molar-refractivity contribution >= 4 is 26.8 Å². The third-order valence-corrected chi connectivity index (χ3v) is 5.35. The van der Waals surface area contributed by atoms with Gasteiger partial charge in [0.25, 0.3) is 0 Å². The standard InChI is InChI=1S/C18H27N3O3S/c1-14(2)12-18(22)19-9-11-21(25(3,23)24)10-8-15-13-20-17-7-5-4-6-16(15)17/h4-7,13-14,20H,8-12H2,1-3H3,(H,19,22). The van der Waals surface area contributed by atoms with E-state index in [9.17, 15) is 13.2 Å². The summed E-state index contributed by atoms with van der Waals surface area (Å²) >= 11 is 0. The first kappa shape index (κ1) is 19.5. The molecule has 138 valence electrons. The Morgan fingerprint density at radius 3 is 2.64 bits per heavy atom. The number of H-pyrrole nitrogens is 1. The zero-order valence-electron chi connectivity index (χ0n) is 15.1. The lowest BCUT2D eigenvalue weighted by Gasteiger charge is -2.20. The van der Waals surface area contributed by atoms with E-state index in [2.05, 4.69) is 10.3 Å². The predicted octanol–water partition coefficient (Wildman–Crippen LogP) is 2.13. The molecule has 0 aliphatic carbocycles. The lowest BCUT2D eigenvalue weighted by molar-refractivity contribution is -0.121. The number of benzene rings is 1. The van der Waals surface area contributed by atoms with Crippen molar-refractivity contribution in [3.05, 3.63) is 36.0 Å². The summed E-state index contributed by atoms with van der Waals surface area (Å²) in [6, 6.07) is 7.96. The van der Waals surface area contributed by atoms with Crippen LogP contribution in [0.1, 0.15) is 25.8 Å². The quantitative estimate of drug-likeness (QED) is 0.714. The van der Waals surface area contributed by atoms with Crippen molar-refractivity contribution in [1.29, 1.82) is 0 Å². The van der Waals surface area contributed by atoms with E-state index in [1.807, 2.05) is 44.3 Å². The zero-order valence-corrected chi connectivity index (χ0v) is 15.9. The molecule has 2 N–H and O–H groups in total. The van der Waals surface area contributed by atoms with Crippen molar-refractivity contribution < 1.29 is 13.2 Å². The highest BCUT2D eigenvalue weighted by Gasteiger charge is 2.17. The Labute approximate surface area is 149 Å². The Balaban J connectivity index is 1.93. The van der Waals surface area contributed by atoms with Crippen molar-refractivity contribution in [2.45, 2.75) is 26.7 Å². The average Bonchev–Trinajstić information content (AvgIpc) is 2.92. The van der Waals surface area contributed by atoms with Crippen LogP contribution in [0.25, 0.3) is 10.9 Å². The molecule has 7 heteroatoms. The monoisotopic (exact) mass is 365 g/mol. The highest BCUT2D eigenvalue weighted by molar-refractivity contribution is 7.88. The molecule has 6 nitrogen and oxygen atoms in total. The summed E-state index contributed by atoms with van der Waals surface area (Å²) in [5.74, 6) is 0.243. The Kier molecular flexibility index (Phi) is 6.61. The molecular formula is C18H27N3O3S. The van der Waals surface area contributed by atoms with Crippen LogP contribution in [-0.2, 0) is 21.2 Å². The number of nitrogens with zero attached hydrogens (tertiary/aromatic N) is 1. The lowest BCUT2D eigenvalue weighted by Crippen LogP contribution is -2.39. The van der Waals surface area contributed by atoms with E-state index in [0.29, 0.717) is 25.9 Å². The number of nitrogens with one attached hydrogen (secondary N) is 2. The fraction of sp³-hybridized carbons (Fsp3) is 0.500. The van der Waals surface area contributed by atoms with Gasteiger partial charge in [0.15, 0.2) is 0 Å². The van der Waals surface area contributed by atoms with Crippen molar-refractivity contribution in [2.75, 3.05) is 25.9 Å². The van der Waals surface area contributed by atoms with E-state index in [-0.39, 0.29) is 18.4 Å². The highest BCUT2D eigenvalue weighted by Crippen LogP contribution is 2.18. The van der Waals surface area contributed by atoms with Gasteiger partial charge in [-0.25, -0.2) is 12.7 Å². The summed E-state index contributed by atoms with van der Waals surface area (Å²) in [5, 5.41) is 3.90. The summed E-state index contributed by atoms with van der Waals surface area (Å²) in [7, 11) is -3.32. The molecule has 1 aromatic heterocycles. The molecule has 25 heavy (non-hydrogen) atoms. The van der Waals surface area contributed by atoms with Crippen LogP contribution in [0.5, 0.6) is 0 Å². The first-order valence-corrected chi connectivity index (χ1v) is 10.4. The Morgan fingerprint density at radius 2 is 1.96 bits per heavy atom. The van der Waals surface area contributed by atoms with E-state index in [1.165, 1.54) is 10.6 Å². The van der Waals surface area contributed by atoms with E-state index < -0.39 is 10.0 Å². The van der Waals surface area contributed by atoms with Crippen LogP contribution < -0.4 is 5.32 Å². The van der Waals surface area contributed by atoms with Crippen LogP contribution in [0.2, 0.25) is 0 Å². The molecule has 0 bridgehead atoms. The van der Waals surface area contributed by atoms with Gasteiger partial charge in [0.05, 0.1) is 6.26 Å². The number of carbonyl (C=O) groups is 1. The molecule has 0 aliphatic heterocycles. The molecule has 0 saturated heterocycles. The molecule has 2 rings (SSSR count). The van der Waals surface area contributed by atoms with Gasteiger partial charge in [-0.05, 0) is 24.0 Å². The molecule has 0 fully saturated rings. The van der Waals surface area contributed by atoms with Gasteiger partial charge in [0.2, 0.25) is 15.9 Å². The van der Waals surface area contributed by atoms with Gasteiger partial charge < -0.3 is 10.3 Å². The number of hydrogen-bond acceptors (Lipinski definition) is 3. The molecule has 0 spiro atoms. The van der Waals surface area contributed by atoms with Crippen molar-refractivity contribution in [1.82, 2.24) is 14.6 Å². The maximum atomic E-state index is 12.0. The van der Waals surface area contributed by atoms with Crippen LogP contribution in [0.4, 0.5) is 0 Å². The summed E-state index contributed by atoms with van der Waals surface area (Å²) in [5.41, 5.74) is 2.14. The van der Waals surface area contributed by atoms with E-state index >= 15 is 0 Å². The smallest absolute Gasteiger partial charge is 0.220 e. The number of rotatable bonds is 9. The SMILES string of the molecule is CC(C)CC(=O)NCCN(CCc1c[nH]c2ccccc12)S(C)(=O)=O. The minimum atomic E-state index is -3.32. The number of fused-ring (bicyclic) bond motifs is 1. The van der Waals surface area contributed by atoms with Gasteiger partial charge in [0.1, 0.15) is 0 Å². The molecule has 0 aliphatic rings. The number of aromatic nitrogens is 1. The van der Waals surface area contributed by atoms with Gasteiger partial charge in [-0.2, -0.15) is 0 Å². The van der Waals surface area contributed by atoms with Crippen LogP contribution >= 0.6 is 0 Å².